The standard InChI is InChI=1S/C13H20N2/c1-2-15(9-14-1)13-6-10-3-11(7-13)5-12(4-10)8-13/h10-12,14H,1-8H2. The summed E-state index contributed by atoms with van der Waals surface area (Å²) in [5, 5.41) is 3.27. The predicted octanol–water partition coefficient (Wildman–Crippen LogP) is 1.86. The van der Waals surface area contributed by atoms with E-state index >= 15 is 0 Å². The van der Waals surface area contributed by atoms with E-state index < -0.39 is 0 Å². The Morgan fingerprint density at radius 2 is 1.60 bits per heavy atom. The first-order chi connectivity index (χ1) is 7.34. The van der Waals surface area contributed by atoms with Crippen LogP contribution in [0.4, 0.5) is 0 Å². The van der Waals surface area contributed by atoms with Crippen molar-refractivity contribution in [1.82, 2.24) is 10.2 Å². The molecular formula is C13H20N2. The van der Waals surface area contributed by atoms with Gasteiger partial charge >= 0.3 is 0 Å². The summed E-state index contributed by atoms with van der Waals surface area (Å²) >= 11 is 0. The highest BCUT2D eigenvalue weighted by Gasteiger charge is 2.53. The topological polar surface area (TPSA) is 15.3 Å². The summed E-state index contributed by atoms with van der Waals surface area (Å²) in [4.78, 5) is 2.54. The zero-order valence-corrected chi connectivity index (χ0v) is 9.34. The fraction of sp³-hybridized carbons (Fsp3) is 0.923. The number of nitrogens with zero attached hydrogens (tertiary/aromatic N) is 1. The molecule has 2 radical (unpaired) electrons. The van der Waals surface area contributed by atoms with Crippen LogP contribution in [0.5, 0.6) is 0 Å². The van der Waals surface area contributed by atoms with E-state index in [2.05, 4.69) is 16.9 Å². The molecule has 1 heterocycles. The van der Waals surface area contributed by atoms with E-state index in [1.165, 1.54) is 25.8 Å². The summed E-state index contributed by atoms with van der Waals surface area (Å²) in [6.07, 6.45) is 9.02. The van der Waals surface area contributed by atoms with Gasteiger partial charge in [0.25, 0.3) is 0 Å². The molecule has 5 rings (SSSR count). The van der Waals surface area contributed by atoms with Crippen molar-refractivity contribution in [3.8, 4) is 0 Å². The van der Waals surface area contributed by atoms with Crippen LogP contribution in [0.3, 0.4) is 0 Å². The lowest BCUT2D eigenvalue weighted by molar-refractivity contribution is -0.0716. The molecule has 1 aliphatic heterocycles. The maximum Gasteiger partial charge on any atom is 0.144 e. The number of hydrogen-bond acceptors (Lipinski definition) is 2. The van der Waals surface area contributed by atoms with E-state index in [1.54, 1.807) is 19.3 Å². The lowest BCUT2D eigenvalue weighted by Crippen LogP contribution is -2.58. The first-order valence-electron chi connectivity index (χ1n) is 6.60. The summed E-state index contributed by atoms with van der Waals surface area (Å²) in [6.45, 7) is 5.71. The van der Waals surface area contributed by atoms with Crippen LogP contribution in [0, 0.1) is 24.4 Å². The molecule has 0 spiro atoms. The van der Waals surface area contributed by atoms with Crippen molar-refractivity contribution in [2.45, 2.75) is 44.1 Å². The molecule has 82 valence electrons. The Hall–Kier alpha value is -0.0800. The minimum atomic E-state index is 0.540. The van der Waals surface area contributed by atoms with Gasteiger partial charge in [-0.15, -0.1) is 0 Å². The van der Waals surface area contributed by atoms with E-state index in [0.717, 1.165) is 24.3 Å². The van der Waals surface area contributed by atoms with Gasteiger partial charge in [-0.2, -0.15) is 0 Å². The van der Waals surface area contributed by atoms with Crippen molar-refractivity contribution in [3.63, 3.8) is 0 Å². The van der Waals surface area contributed by atoms with Crippen LogP contribution in [0.15, 0.2) is 0 Å². The van der Waals surface area contributed by atoms with E-state index in [4.69, 9.17) is 0 Å². The van der Waals surface area contributed by atoms with Crippen molar-refractivity contribution in [2.24, 2.45) is 17.8 Å². The van der Waals surface area contributed by atoms with Crippen molar-refractivity contribution < 1.29 is 0 Å². The van der Waals surface area contributed by atoms with Crippen LogP contribution in [-0.4, -0.2) is 23.5 Å². The average molecular weight is 204 g/mol. The van der Waals surface area contributed by atoms with Crippen LogP contribution in [0.25, 0.3) is 0 Å². The molecule has 0 aromatic carbocycles. The highest BCUT2D eigenvalue weighted by atomic mass is 15.3. The molecule has 5 aliphatic rings. The van der Waals surface area contributed by atoms with E-state index in [9.17, 15) is 0 Å². The molecule has 15 heavy (non-hydrogen) atoms. The van der Waals surface area contributed by atoms with Gasteiger partial charge in [0.1, 0.15) is 6.67 Å². The first kappa shape index (κ1) is 9.00. The average Bonchev–Trinajstić information content (AvgIpc) is 2.67. The highest BCUT2D eigenvalue weighted by molar-refractivity contribution is 5.09. The van der Waals surface area contributed by atoms with Crippen LogP contribution >= 0.6 is 0 Å². The number of hydrogen-bond donors (Lipinski definition) is 1. The third kappa shape index (κ3) is 1.24. The van der Waals surface area contributed by atoms with Crippen LogP contribution < -0.4 is 5.32 Å². The van der Waals surface area contributed by atoms with Crippen LogP contribution in [0.1, 0.15) is 38.5 Å². The third-order valence-corrected chi connectivity index (χ3v) is 5.25. The van der Waals surface area contributed by atoms with Gasteiger partial charge in [0.05, 0.1) is 0 Å². The van der Waals surface area contributed by atoms with Gasteiger partial charge in [0, 0.05) is 18.6 Å². The Labute approximate surface area is 92.4 Å². The molecule has 4 bridgehead atoms. The van der Waals surface area contributed by atoms with E-state index in [-0.39, 0.29) is 0 Å². The molecule has 0 aromatic rings. The molecule has 4 saturated carbocycles. The second-order valence-electron chi connectivity index (χ2n) is 6.33. The van der Waals surface area contributed by atoms with Gasteiger partial charge in [0.2, 0.25) is 0 Å². The zero-order chi connectivity index (χ0) is 9.88. The van der Waals surface area contributed by atoms with Gasteiger partial charge in [-0.05, 0) is 56.3 Å². The minimum Gasteiger partial charge on any atom is -0.292 e. The molecular weight excluding hydrogens is 184 g/mol. The van der Waals surface area contributed by atoms with Crippen molar-refractivity contribution in [2.75, 3.05) is 13.1 Å². The smallest absolute Gasteiger partial charge is 0.144 e. The largest absolute Gasteiger partial charge is 0.292 e. The van der Waals surface area contributed by atoms with Crippen LogP contribution in [0.2, 0.25) is 0 Å². The van der Waals surface area contributed by atoms with Crippen LogP contribution in [-0.2, 0) is 0 Å². The van der Waals surface area contributed by atoms with Crippen molar-refractivity contribution >= 4 is 0 Å². The Morgan fingerprint density at radius 1 is 1.00 bits per heavy atom. The number of rotatable bonds is 1. The molecule has 1 N–H and O–H groups in total. The van der Waals surface area contributed by atoms with Gasteiger partial charge in [0.15, 0.2) is 0 Å². The maximum atomic E-state index is 3.40. The molecule has 0 aromatic heterocycles. The van der Waals surface area contributed by atoms with Crippen molar-refractivity contribution in [1.29, 1.82) is 0 Å². The first-order valence-corrected chi connectivity index (χ1v) is 6.60. The Kier molecular flexibility index (Phi) is 1.79. The normalized spacial score (nSPS) is 54.0. The Morgan fingerprint density at radius 3 is 2.07 bits per heavy atom. The van der Waals surface area contributed by atoms with Gasteiger partial charge < -0.3 is 0 Å². The van der Waals surface area contributed by atoms with Gasteiger partial charge in [-0.3, -0.25) is 10.2 Å². The summed E-state index contributed by atoms with van der Waals surface area (Å²) in [5.74, 6) is 3.16. The van der Waals surface area contributed by atoms with Crippen molar-refractivity contribution in [3.05, 3.63) is 6.67 Å². The molecule has 0 amide bonds. The number of nitrogens with one attached hydrogen (secondary N) is 1. The molecule has 5 fully saturated rings. The zero-order valence-electron chi connectivity index (χ0n) is 9.34. The maximum absolute atomic E-state index is 3.40. The summed E-state index contributed by atoms with van der Waals surface area (Å²) in [7, 11) is 0. The van der Waals surface area contributed by atoms with Gasteiger partial charge in [-0.25, -0.2) is 0 Å². The van der Waals surface area contributed by atoms with E-state index in [1.807, 2.05) is 0 Å². The molecule has 4 aliphatic carbocycles. The Bertz CT molecular complexity index is 232. The monoisotopic (exact) mass is 204 g/mol. The molecule has 0 atom stereocenters. The molecule has 2 nitrogen and oxygen atoms in total. The quantitative estimate of drug-likeness (QED) is 0.701. The highest BCUT2D eigenvalue weighted by Crippen LogP contribution is 2.58. The fourth-order valence-corrected chi connectivity index (χ4v) is 5.13. The second-order valence-corrected chi connectivity index (χ2v) is 6.33. The molecule has 2 heteroatoms. The third-order valence-electron chi connectivity index (χ3n) is 5.25. The summed E-state index contributed by atoms with van der Waals surface area (Å²) < 4.78 is 0. The lowest BCUT2D eigenvalue weighted by atomic mass is 9.52. The summed E-state index contributed by atoms with van der Waals surface area (Å²) in [5.41, 5.74) is 0.540. The Balaban J connectivity index is 1.65. The summed E-state index contributed by atoms with van der Waals surface area (Å²) in [6, 6.07) is 0. The van der Waals surface area contributed by atoms with E-state index in [0.29, 0.717) is 5.54 Å². The molecule has 1 saturated heterocycles. The molecule has 0 unspecified atom stereocenters. The SMILES string of the molecule is [C]1NCCN1C12CC3CC(CC(C3)C1)C2. The second kappa shape index (κ2) is 2.98. The lowest BCUT2D eigenvalue weighted by Gasteiger charge is -2.59. The fourth-order valence-electron chi connectivity index (χ4n) is 5.13. The van der Waals surface area contributed by atoms with Gasteiger partial charge in [-0.1, -0.05) is 0 Å². The predicted molar refractivity (Wildman–Crippen MR) is 58.9 cm³/mol. The minimum absolute atomic E-state index is 0.540.